The van der Waals surface area contributed by atoms with Gasteiger partial charge >= 0.3 is 6.18 Å². The van der Waals surface area contributed by atoms with E-state index in [0.717, 1.165) is 6.07 Å². The highest BCUT2D eigenvalue weighted by Gasteiger charge is 2.33. The minimum Gasteiger partial charge on any atom is -0.420 e. The fourth-order valence-electron chi connectivity index (χ4n) is 1.46. The summed E-state index contributed by atoms with van der Waals surface area (Å²) in [6.07, 6.45) is -4.43. The van der Waals surface area contributed by atoms with Crippen LogP contribution in [0.4, 0.5) is 13.2 Å². The Morgan fingerprint density at radius 1 is 1.21 bits per heavy atom. The maximum atomic E-state index is 12.8. The predicted octanol–water partition coefficient (Wildman–Crippen LogP) is 4.64. The third-order valence-corrected chi connectivity index (χ3v) is 3.14. The molecular weight excluding hydrogens is 325 g/mol. The van der Waals surface area contributed by atoms with Crippen LogP contribution in [0.5, 0.6) is 0 Å². The molecule has 0 radical (unpaired) electrons. The summed E-state index contributed by atoms with van der Waals surface area (Å²) in [5.41, 5.74) is -0.524. The van der Waals surface area contributed by atoms with Gasteiger partial charge in [0.1, 0.15) is 0 Å². The van der Waals surface area contributed by atoms with E-state index >= 15 is 0 Å². The third-order valence-electron chi connectivity index (χ3n) is 2.45. The van der Waals surface area contributed by atoms with Crippen molar-refractivity contribution in [3.63, 3.8) is 0 Å². The summed E-state index contributed by atoms with van der Waals surface area (Å²) in [6, 6.07) is 3.80. The van der Waals surface area contributed by atoms with Crippen molar-refractivity contribution in [1.82, 2.24) is 10.2 Å². The number of hydrogen-bond donors (Lipinski definition) is 0. The largest absolute Gasteiger partial charge is 0.420 e. The molecular formula is C12H10BrF3N2O. The molecule has 0 aliphatic carbocycles. The molecule has 0 fully saturated rings. The molecule has 0 amide bonds. The van der Waals surface area contributed by atoms with Gasteiger partial charge in [-0.05, 0) is 18.2 Å². The van der Waals surface area contributed by atoms with Crippen molar-refractivity contribution in [3.05, 3.63) is 34.1 Å². The Bertz CT molecular complexity index is 593. The SMILES string of the molecule is CC(C)c1nnc(-c2ccc(Br)c(C(F)(F)F)c2)o1. The summed E-state index contributed by atoms with van der Waals surface area (Å²) in [5.74, 6) is 0.506. The van der Waals surface area contributed by atoms with Crippen molar-refractivity contribution >= 4 is 15.9 Å². The van der Waals surface area contributed by atoms with Crippen molar-refractivity contribution < 1.29 is 17.6 Å². The summed E-state index contributed by atoms with van der Waals surface area (Å²) in [4.78, 5) is 0. The van der Waals surface area contributed by atoms with Crippen LogP contribution in [0, 0.1) is 0 Å². The Morgan fingerprint density at radius 2 is 1.89 bits per heavy atom. The van der Waals surface area contributed by atoms with E-state index in [1.54, 1.807) is 0 Å². The second kappa shape index (κ2) is 4.96. The molecule has 0 N–H and O–H groups in total. The van der Waals surface area contributed by atoms with Crippen LogP contribution < -0.4 is 0 Å². The van der Waals surface area contributed by atoms with E-state index in [0.29, 0.717) is 5.89 Å². The lowest BCUT2D eigenvalue weighted by Crippen LogP contribution is -2.06. The monoisotopic (exact) mass is 334 g/mol. The van der Waals surface area contributed by atoms with E-state index in [2.05, 4.69) is 26.1 Å². The van der Waals surface area contributed by atoms with Crippen LogP contribution in [-0.4, -0.2) is 10.2 Å². The Morgan fingerprint density at radius 3 is 2.42 bits per heavy atom. The second-order valence-corrected chi connectivity index (χ2v) is 5.15. The zero-order valence-corrected chi connectivity index (χ0v) is 11.7. The van der Waals surface area contributed by atoms with Crippen LogP contribution in [0.25, 0.3) is 11.5 Å². The van der Waals surface area contributed by atoms with Crippen molar-refractivity contribution in [2.45, 2.75) is 25.9 Å². The van der Waals surface area contributed by atoms with Gasteiger partial charge in [-0.1, -0.05) is 29.8 Å². The number of rotatable bonds is 2. The maximum absolute atomic E-state index is 12.8. The van der Waals surface area contributed by atoms with Crippen LogP contribution >= 0.6 is 15.9 Å². The number of nitrogens with zero attached hydrogens (tertiary/aromatic N) is 2. The Balaban J connectivity index is 2.45. The molecule has 1 heterocycles. The molecule has 0 spiro atoms. The van der Waals surface area contributed by atoms with Gasteiger partial charge in [0.25, 0.3) is 0 Å². The summed E-state index contributed by atoms with van der Waals surface area (Å²) in [6.45, 7) is 3.72. The lowest BCUT2D eigenvalue weighted by Gasteiger charge is -2.09. The van der Waals surface area contributed by atoms with Gasteiger partial charge in [0.2, 0.25) is 11.8 Å². The van der Waals surface area contributed by atoms with E-state index in [9.17, 15) is 13.2 Å². The molecule has 0 saturated carbocycles. The molecule has 2 rings (SSSR count). The summed E-state index contributed by atoms with van der Waals surface area (Å²) >= 11 is 2.88. The molecule has 1 aromatic carbocycles. The molecule has 19 heavy (non-hydrogen) atoms. The molecule has 7 heteroatoms. The molecule has 1 aromatic heterocycles. The summed E-state index contributed by atoms with van der Waals surface area (Å²) in [7, 11) is 0. The van der Waals surface area contributed by atoms with Crippen LogP contribution in [0.15, 0.2) is 27.1 Å². The van der Waals surface area contributed by atoms with Crippen LogP contribution in [0.2, 0.25) is 0 Å². The molecule has 0 bridgehead atoms. The van der Waals surface area contributed by atoms with E-state index in [1.807, 2.05) is 13.8 Å². The first-order valence-electron chi connectivity index (χ1n) is 5.49. The fraction of sp³-hybridized carbons (Fsp3) is 0.333. The molecule has 0 aliphatic rings. The highest BCUT2D eigenvalue weighted by molar-refractivity contribution is 9.10. The molecule has 3 nitrogen and oxygen atoms in total. The Hall–Kier alpha value is -1.37. The average molecular weight is 335 g/mol. The van der Waals surface area contributed by atoms with Gasteiger partial charge in [-0.2, -0.15) is 13.2 Å². The Labute approximate surface area is 116 Å². The molecule has 102 valence electrons. The molecule has 2 aromatic rings. The first-order valence-corrected chi connectivity index (χ1v) is 6.29. The zero-order valence-electron chi connectivity index (χ0n) is 10.1. The maximum Gasteiger partial charge on any atom is 0.417 e. The van der Waals surface area contributed by atoms with Gasteiger partial charge < -0.3 is 4.42 Å². The van der Waals surface area contributed by atoms with Crippen molar-refractivity contribution in [2.75, 3.05) is 0 Å². The standard InChI is InChI=1S/C12H10BrF3N2O/c1-6(2)10-17-18-11(19-10)7-3-4-9(13)8(5-7)12(14,15)16/h3-6H,1-2H3. The lowest BCUT2D eigenvalue weighted by molar-refractivity contribution is -0.138. The third kappa shape index (κ3) is 2.97. The number of hydrogen-bond acceptors (Lipinski definition) is 3. The van der Waals surface area contributed by atoms with Gasteiger partial charge in [0.15, 0.2) is 0 Å². The highest BCUT2D eigenvalue weighted by atomic mass is 79.9. The van der Waals surface area contributed by atoms with E-state index in [4.69, 9.17) is 4.42 Å². The molecule has 0 unspecified atom stereocenters. The normalized spacial score (nSPS) is 12.2. The minimum atomic E-state index is -4.43. The first-order chi connectivity index (χ1) is 8.79. The second-order valence-electron chi connectivity index (χ2n) is 4.29. The summed E-state index contributed by atoms with van der Waals surface area (Å²) in [5, 5.41) is 7.56. The van der Waals surface area contributed by atoms with E-state index < -0.39 is 11.7 Å². The van der Waals surface area contributed by atoms with Crippen molar-refractivity contribution in [1.29, 1.82) is 0 Å². The highest BCUT2D eigenvalue weighted by Crippen LogP contribution is 2.37. The minimum absolute atomic E-state index is 0.0210. The number of halogens is 4. The van der Waals surface area contributed by atoms with Gasteiger partial charge in [0, 0.05) is 16.0 Å². The molecule has 0 aliphatic heterocycles. The topological polar surface area (TPSA) is 38.9 Å². The van der Waals surface area contributed by atoms with Gasteiger partial charge in [-0.25, -0.2) is 0 Å². The first kappa shape index (κ1) is 14.0. The van der Waals surface area contributed by atoms with E-state index in [-0.39, 0.29) is 21.8 Å². The van der Waals surface area contributed by atoms with Crippen molar-refractivity contribution in [3.8, 4) is 11.5 Å². The Kier molecular flexibility index (Phi) is 3.66. The smallest absolute Gasteiger partial charge is 0.417 e. The van der Waals surface area contributed by atoms with Crippen LogP contribution in [-0.2, 0) is 6.18 Å². The van der Waals surface area contributed by atoms with Crippen LogP contribution in [0.1, 0.15) is 31.2 Å². The van der Waals surface area contributed by atoms with Gasteiger partial charge in [-0.15, -0.1) is 10.2 Å². The van der Waals surface area contributed by atoms with E-state index in [1.165, 1.54) is 12.1 Å². The quantitative estimate of drug-likeness (QED) is 0.802. The lowest BCUT2D eigenvalue weighted by atomic mass is 10.1. The molecule has 0 saturated heterocycles. The number of aromatic nitrogens is 2. The zero-order chi connectivity index (χ0) is 14.2. The molecule has 0 atom stereocenters. The number of benzene rings is 1. The predicted molar refractivity (Wildman–Crippen MR) is 66.5 cm³/mol. The van der Waals surface area contributed by atoms with Crippen LogP contribution in [0.3, 0.4) is 0 Å². The van der Waals surface area contributed by atoms with Crippen molar-refractivity contribution in [2.24, 2.45) is 0 Å². The summed E-state index contributed by atoms with van der Waals surface area (Å²) < 4.78 is 43.7. The fourth-order valence-corrected chi connectivity index (χ4v) is 1.93. The average Bonchev–Trinajstić information content (AvgIpc) is 2.77. The van der Waals surface area contributed by atoms with Gasteiger partial charge in [0.05, 0.1) is 5.56 Å². The number of alkyl halides is 3. The van der Waals surface area contributed by atoms with Gasteiger partial charge in [-0.3, -0.25) is 0 Å².